The molecule has 0 aliphatic carbocycles. The van der Waals surface area contributed by atoms with Crippen molar-refractivity contribution in [2.45, 2.75) is 0 Å². The van der Waals surface area contributed by atoms with Gasteiger partial charge in [0.2, 0.25) is 0 Å². The Balaban J connectivity index is 1.68. The predicted octanol–water partition coefficient (Wildman–Crippen LogP) is 3.86. The van der Waals surface area contributed by atoms with Gasteiger partial charge in [-0.05, 0) is 40.6 Å². The number of fused-ring (bicyclic) bond motifs is 4. The molecule has 3 nitrogen and oxygen atoms in total. The first-order valence-corrected chi connectivity index (χ1v) is 10.8. The van der Waals surface area contributed by atoms with Gasteiger partial charge in [-0.3, -0.25) is 4.98 Å². The molecule has 0 amide bonds. The molecule has 0 fully saturated rings. The summed E-state index contributed by atoms with van der Waals surface area (Å²) in [6.45, 7) is 0. The Hall–Kier alpha value is -4.30. The van der Waals surface area contributed by atoms with E-state index in [4.69, 9.17) is 28.0 Å². The number of benzene rings is 4. The van der Waals surface area contributed by atoms with Crippen molar-refractivity contribution in [1.82, 2.24) is 4.98 Å². The Labute approximate surface area is 204 Å². The first-order chi connectivity index (χ1) is 17.0. The molecule has 0 aliphatic rings. The summed E-state index contributed by atoms with van der Waals surface area (Å²) in [5, 5.41) is 13.5. The summed E-state index contributed by atoms with van der Waals surface area (Å²) in [4.78, 5) is 4.16. The lowest BCUT2D eigenvalue weighted by molar-refractivity contribution is 0.641. The molecular formula is C28H12B3FN2O. The van der Waals surface area contributed by atoms with Gasteiger partial charge in [0.25, 0.3) is 0 Å². The fraction of sp³-hybridized carbons (Fsp3) is 0. The minimum Gasteiger partial charge on any atom is -0.455 e. The highest BCUT2D eigenvalue weighted by Crippen LogP contribution is 2.40. The summed E-state index contributed by atoms with van der Waals surface area (Å²) in [7, 11) is 17.7. The maximum atomic E-state index is 14.2. The topological polar surface area (TPSA) is 49.8 Å². The first kappa shape index (κ1) is 21.3. The standard InChI is InChI=1S/C28H12B3FN2O/c29-22-23(30)25(34-28(31)24(22)32)19-7-3-6-18-21-11-14(13-33)10-20(27(21)35-26(18)19)17-9-8-15-4-1-2-5-16(15)12-17/h1-12H. The molecule has 156 valence electrons. The summed E-state index contributed by atoms with van der Waals surface area (Å²) in [5.41, 5.74) is 3.45. The van der Waals surface area contributed by atoms with Crippen LogP contribution < -0.4 is 16.5 Å². The lowest BCUT2D eigenvalue weighted by Crippen LogP contribution is -2.38. The average molecular weight is 444 g/mol. The van der Waals surface area contributed by atoms with Crippen molar-refractivity contribution < 1.29 is 8.81 Å². The Kier molecular flexibility index (Phi) is 4.79. The lowest BCUT2D eigenvalue weighted by Gasteiger charge is -2.12. The number of hydrogen-bond donors (Lipinski definition) is 0. The Bertz CT molecular complexity index is 1870. The molecule has 0 saturated carbocycles. The summed E-state index contributed by atoms with van der Waals surface area (Å²) in [6, 6.07) is 25.5. The molecule has 35 heavy (non-hydrogen) atoms. The van der Waals surface area contributed by atoms with E-state index in [0.717, 1.165) is 32.7 Å². The van der Waals surface area contributed by atoms with Gasteiger partial charge in [-0.1, -0.05) is 59.5 Å². The molecule has 7 heteroatoms. The molecule has 0 saturated heterocycles. The normalized spacial score (nSPS) is 11.3. The number of para-hydroxylation sites is 1. The van der Waals surface area contributed by atoms with Gasteiger partial charge in [0.05, 0.1) is 17.3 Å². The van der Waals surface area contributed by atoms with Crippen LogP contribution in [0.1, 0.15) is 5.56 Å². The van der Waals surface area contributed by atoms with E-state index in [-0.39, 0.29) is 22.2 Å². The van der Waals surface area contributed by atoms with Crippen LogP contribution in [0.4, 0.5) is 4.39 Å². The molecule has 0 unspecified atom stereocenters. The largest absolute Gasteiger partial charge is 0.455 e. The summed E-state index contributed by atoms with van der Waals surface area (Å²) >= 11 is 0. The zero-order valence-corrected chi connectivity index (χ0v) is 18.3. The highest BCUT2D eigenvalue weighted by atomic mass is 19.1. The van der Waals surface area contributed by atoms with Crippen LogP contribution in [-0.2, 0) is 0 Å². The molecular weight excluding hydrogens is 432 g/mol. The molecule has 6 aromatic rings. The maximum Gasteiger partial charge on any atom is 0.145 e. The van der Waals surface area contributed by atoms with E-state index in [9.17, 15) is 9.65 Å². The van der Waals surface area contributed by atoms with Gasteiger partial charge >= 0.3 is 0 Å². The first-order valence-electron chi connectivity index (χ1n) is 10.8. The van der Waals surface area contributed by atoms with E-state index in [0.29, 0.717) is 22.3 Å². The fourth-order valence-corrected chi connectivity index (χ4v) is 4.54. The third kappa shape index (κ3) is 3.25. The molecule has 0 N–H and O–H groups in total. The number of nitrogens with zero attached hydrogens (tertiary/aromatic N) is 2. The van der Waals surface area contributed by atoms with E-state index in [2.05, 4.69) is 17.1 Å². The third-order valence-electron chi connectivity index (χ3n) is 6.28. The van der Waals surface area contributed by atoms with Crippen LogP contribution in [0.3, 0.4) is 0 Å². The summed E-state index contributed by atoms with van der Waals surface area (Å²) < 4.78 is 20.6. The maximum absolute atomic E-state index is 14.2. The van der Waals surface area contributed by atoms with Crippen LogP contribution in [0.5, 0.6) is 0 Å². The highest BCUT2D eigenvalue weighted by molar-refractivity contribution is 6.52. The van der Waals surface area contributed by atoms with Gasteiger partial charge in [-0.15, -0.1) is 0 Å². The van der Waals surface area contributed by atoms with E-state index in [1.54, 1.807) is 12.1 Å². The number of pyridine rings is 1. The van der Waals surface area contributed by atoms with Crippen molar-refractivity contribution in [3.63, 3.8) is 0 Å². The second-order valence-electron chi connectivity index (χ2n) is 8.35. The van der Waals surface area contributed by atoms with Crippen molar-refractivity contribution >= 4 is 72.8 Å². The monoisotopic (exact) mass is 444 g/mol. The third-order valence-corrected chi connectivity index (χ3v) is 6.28. The molecule has 6 rings (SSSR count). The predicted molar refractivity (Wildman–Crippen MR) is 141 cm³/mol. The SMILES string of the molecule is [B]c1nc(-c2cccc3c2oc2c(-c4ccc5ccccc5c4)cc(C#N)cc23)c([B])c([B])c1F. The number of halogens is 1. The van der Waals surface area contributed by atoms with Gasteiger partial charge in [0.15, 0.2) is 0 Å². The van der Waals surface area contributed by atoms with Crippen molar-refractivity contribution in [1.29, 1.82) is 5.26 Å². The number of hydrogen-bond acceptors (Lipinski definition) is 3. The molecule has 2 heterocycles. The molecule has 0 atom stereocenters. The smallest absolute Gasteiger partial charge is 0.145 e. The minimum atomic E-state index is -0.847. The second-order valence-corrected chi connectivity index (χ2v) is 8.35. The zero-order chi connectivity index (χ0) is 24.3. The molecule has 4 aromatic carbocycles. The van der Waals surface area contributed by atoms with Gasteiger partial charge in [0.1, 0.15) is 40.5 Å². The van der Waals surface area contributed by atoms with Crippen LogP contribution >= 0.6 is 0 Å². The van der Waals surface area contributed by atoms with Gasteiger partial charge in [-0.2, -0.15) is 5.26 Å². The number of aromatic nitrogens is 1. The molecule has 6 radical (unpaired) electrons. The van der Waals surface area contributed by atoms with E-state index >= 15 is 0 Å². The van der Waals surface area contributed by atoms with Crippen molar-refractivity contribution in [3.8, 4) is 28.5 Å². The average Bonchev–Trinajstić information content (AvgIpc) is 3.27. The van der Waals surface area contributed by atoms with Crippen LogP contribution in [0.2, 0.25) is 0 Å². The van der Waals surface area contributed by atoms with E-state index in [1.807, 2.05) is 54.6 Å². The van der Waals surface area contributed by atoms with E-state index in [1.165, 1.54) is 0 Å². The quantitative estimate of drug-likeness (QED) is 0.382. The van der Waals surface area contributed by atoms with Crippen LogP contribution in [0.15, 0.2) is 77.2 Å². The molecule has 0 spiro atoms. The number of rotatable bonds is 2. The van der Waals surface area contributed by atoms with Crippen LogP contribution in [0.25, 0.3) is 55.1 Å². The zero-order valence-electron chi connectivity index (χ0n) is 18.3. The summed E-state index contributed by atoms with van der Waals surface area (Å²) in [5.74, 6) is -0.847. The van der Waals surface area contributed by atoms with Gasteiger partial charge in [-0.25, -0.2) is 4.39 Å². The Morgan fingerprint density at radius 3 is 2.34 bits per heavy atom. The number of nitriles is 1. The lowest BCUT2D eigenvalue weighted by atomic mass is 9.76. The number of furan rings is 1. The second kappa shape index (κ2) is 7.89. The highest BCUT2D eigenvalue weighted by Gasteiger charge is 2.20. The molecule has 0 bridgehead atoms. The Morgan fingerprint density at radius 2 is 1.54 bits per heavy atom. The van der Waals surface area contributed by atoms with Crippen molar-refractivity contribution in [2.24, 2.45) is 0 Å². The molecule has 2 aromatic heterocycles. The van der Waals surface area contributed by atoms with Crippen LogP contribution in [0, 0.1) is 17.1 Å². The Morgan fingerprint density at radius 1 is 0.771 bits per heavy atom. The fourth-order valence-electron chi connectivity index (χ4n) is 4.54. The van der Waals surface area contributed by atoms with Gasteiger partial charge < -0.3 is 4.42 Å². The van der Waals surface area contributed by atoms with Crippen LogP contribution in [-0.4, -0.2) is 28.5 Å². The van der Waals surface area contributed by atoms with Crippen molar-refractivity contribution in [2.75, 3.05) is 0 Å². The van der Waals surface area contributed by atoms with E-state index < -0.39 is 5.82 Å². The van der Waals surface area contributed by atoms with Crippen molar-refractivity contribution in [3.05, 3.63) is 84.2 Å². The van der Waals surface area contributed by atoms with Gasteiger partial charge in [0, 0.05) is 27.5 Å². The summed E-state index contributed by atoms with van der Waals surface area (Å²) in [6.07, 6.45) is 0. The molecule has 0 aliphatic heterocycles. The minimum absolute atomic E-state index is 0.0166.